The van der Waals surface area contributed by atoms with Gasteiger partial charge in [0, 0.05) is 23.4 Å². The van der Waals surface area contributed by atoms with Crippen molar-refractivity contribution in [3.8, 4) is 5.75 Å². The largest absolute Gasteiger partial charge is 0.481 e. The number of hydrogen-bond acceptors (Lipinski definition) is 7. The first-order valence-electron chi connectivity index (χ1n) is 9.83. The van der Waals surface area contributed by atoms with E-state index in [1.165, 1.54) is 24.3 Å². The van der Waals surface area contributed by atoms with Crippen LogP contribution in [0.1, 0.15) is 33.0 Å². The average molecular weight is 491 g/mol. The van der Waals surface area contributed by atoms with Crippen LogP contribution in [0, 0.1) is 11.2 Å². The third-order valence-electron chi connectivity index (χ3n) is 4.57. The molecule has 34 heavy (non-hydrogen) atoms. The van der Waals surface area contributed by atoms with E-state index >= 15 is 0 Å². The van der Waals surface area contributed by atoms with Crippen LogP contribution in [-0.2, 0) is 20.8 Å². The van der Waals surface area contributed by atoms with Crippen LogP contribution in [0.3, 0.4) is 0 Å². The van der Waals surface area contributed by atoms with Gasteiger partial charge >= 0.3 is 17.9 Å². The number of carbonyl (C=O) groups is 4. The number of carboxylic acid groups (broad SMARTS) is 2. The fourth-order valence-electron chi connectivity index (χ4n) is 2.94. The van der Waals surface area contributed by atoms with Crippen LogP contribution in [0.2, 0.25) is 0 Å². The molecule has 0 bridgehead atoms. The average Bonchev–Trinajstić information content (AvgIpc) is 3.24. The van der Waals surface area contributed by atoms with Gasteiger partial charge in [0.05, 0.1) is 6.42 Å². The second kappa shape index (κ2) is 11.7. The molecule has 0 saturated heterocycles. The van der Waals surface area contributed by atoms with E-state index in [-0.39, 0.29) is 41.4 Å². The first-order chi connectivity index (χ1) is 16.0. The Morgan fingerprint density at radius 1 is 1.24 bits per heavy atom. The van der Waals surface area contributed by atoms with Crippen molar-refractivity contribution in [3.05, 3.63) is 64.1 Å². The van der Waals surface area contributed by atoms with Gasteiger partial charge in [-0.25, -0.2) is 14.0 Å². The minimum atomic E-state index is -1.54. The lowest BCUT2D eigenvalue weighted by Crippen LogP contribution is -2.46. The van der Waals surface area contributed by atoms with E-state index in [1.54, 1.807) is 6.07 Å². The Morgan fingerprint density at radius 2 is 1.94 bits per heavy atom. The molecule has 0 fully saturated rings. The Balaban J connectivity index is 2.04. The molecule has 0 saturated carbocycles. The van der Waals surface area contributed by atoms with Gasteiger partial charge in [-0.15, -0.1) is 17.9 Å². The molecule has 0 aliphatic rings. The van der Waals surface area contributed by atoms with Crippen molar-refractivity contribution in [2.24, 2.45) is 5.73 Å². The number of nitrogens with zero attached hydrogens (tertiary/aromatic N) is 1. The normalized spacial score (nSPS) is 11.3. The molecule has 5 N–H and O–H groups in total. The molecule has 2 rings (SSSR count). The number of aryl methyl sites for hydroxylation is 1. The van der Waals surface area contributed by atoms with Crippen molar-refractivity contribution >= 4 is 41.0 Å². The van der Waals surface area contributed by atoms with E-state index in [0.29, 0.717) is 4.88 Å². The lowest BCUT2D eigenvalue weighted by Gasteiger charge is -2.27. The van der Waals surface area contributed by atoms with E-state index in [4.69, 9.17) is 21.0 Å². The molecule has 1 atom stereocenters. The van der Waals surface area contributed by atoms with Gasteiger partial charge in [-0.05, 0) is 36.8 Å². The van der Waals surface area contributed by atoms with E-state index in [2.05, 4.69) is 6.58 Å². The molecule has 1 heterocycles. The molecule has 0 aliphatic carbocycles. The molecule has 0 spiro atoms. The number of benzene rings is 1. The third-order valence-corrected chi connectivity index (χ3v) is 5.69. The minimum absolute atomic E-state index is 0.132. The Kier molecular flexibility index (Phi) is 9.01. The van der Waals surface area contributed by atoms with Crippen LogP contribution >= 0.6 is 11.3 Å². The summed E-state index contributed by atoms with van der Waals surface area (Å²) in [5.41, 5.74) is 5.43. The zero-order valence-corrected chi connectivity index (χ0v) is 18.6. The van der Waals surface area contributed by atoms with E-state index in [9.17, 15) is 28.7 Å². The van der Waals surface area contributed by atoms with Crippen LogP contribution in [-0.4, -0.2) is 57.4 Å². The van der Waals surface area contributed by atoms with Gasteiger partial charge in [0.1, 0.15) is 16.8 Å². The zero-order chi connectivity index (χ0) is 25.4. The standard InChI is InChI=1S/C22H22FN3O7S/c1-2-9-26(15(21(30)31)11-19(28)29)18(27)8-5-13-4-7-17(34-13)22(32)33-16-6-3-12(20(24)25)10-14(16)23/h2-4,6-7,10,15H,1,5,8-9,11H2,(H3,24,25)(H,28,29)(H,30,31). The van der Waals surface area contributed by atoms with Crippen molar-refractivity contribution in [1.82, 2.24) is 4.90 Å². The highest BCUT2D eigenvalue weighted by molar-refractivity contribution is 7.13. The Morgan fingerprint density at radius 3 is 2.50 bits per heavy atom. The highest BCUT2D eigenvalue weighted by Crippen LogP contribution is 2.23. The minimum Gasteiger partial charge on any atom is -0.481 e. The van der Waals surface area contributed by atoms with Gasteiger partial charge < -0.3 is 25.6 Å². The molecule has 1 aromatic carbocycles. The van der Waals surface area contributed by atoms with Crippen molar-refractivity contribution in [1.29, 1.82) is 5.41 Å². The summed E-state index contributed by atoms with van der Waals surface area (Å²) < 4.78 is 19.1. The highest BCUT2D eigenvalue weighted by atomic mass is 32.1. The number of nitrogens with one attached hydrogen (secondary N) is 1. The maximum Gasteiger partial charge on any atom is 0.353 e. The van der Waals surface area contributed by atoms with Crippen LogP contribution < -0.4 is 10.5 Å². The summed E-state index contributed by atoms with van der Waals surface area (Å²) in [5.74, 6) is -5.74. The Hall–Kier alpha value is -4.06. The molecule has 0 aliphatic heterocycles. The lowest BCUT2D eigenvalue weighted by atomic mass is 10.1. The maximum atomic E-state index is 14.1. The number of ether oxygens (including phenoxy) is 1. The molecule has 1 aromatic heterocycles. The number of amides is 1. The van der Waals surface area contributed by atoms with Crippen molar-refractivity contribution in [2.75, 3.05) is 6.54 Å². The van der Waals surface area contributed by atoms with Gasteiger partial charge in [0.2, 0.25) is 5.91 Å². The van der Waals surface area contributed by atoms with Crippen LogP contribution in [0.25, 0.3) is 0 Å². The summed E-state index contributed by atoms with van der Waals surface area (Å²) in [6.45, 7) is 3.33. The van der Waals surface area contributed by atoms with Crippen LogP contribution in [0.4, 0.5) is 4.39 Å². The summed E-state index contributed by atoms with van der Waals surface area (Å²) >= 11 is 1.01. The number of nitrogen functional groups attached to an aromatic ring is 1. The fraction of sp³-hybridized carbons (Fsp3) is 0.227. The number of amidine groups is 1. The summed E-state index contributed by atoms with van der Waals surface area (Å²) in [6, 6.07) is 4.97. The predicted molar refractivity (Wildman–Crippen MR) is 121 cm³/mol. The molecular formula is C22H22FN3O7S. The van der Waals surface area contributed by atoms with Gasteiger partial charge in [-0.2, -0.15) is 0 Å². The molecule has 1 unspecified atom stereocenters. The van der Waals surface area contributed by atoms with Gasteiger partial charge in [-0.1, -0.05) is 6.08 Å². The topological polar surface area (TPSA) is 171 Å². The lowest BCUT2D eigenvalue weighted by molar-refractivity contribution is -0.154. The highest BCUT2D eigenvalue weighted by Gasteiger charge is 2.30. The summed E-state index contributed by atoms with van der Waals surface area (Å²) in [7, 11) is 0. The third kappa shape index (κ3) is 6.97. The second-order valence-electron chi connectivity index (χ2n) is 7.00. The number of carbonyl (C=O) groups excluding carboxylic acids is 2. The van der Waals surface area contributed by atoms with E-state index < -0.39 is 42.1 Å². The number of aliphatic carboxylic acids is 2. The van der Waals surface area contributed by atoms with Crippen LogP contribution in [0.5, 0.6) is 5.75 Å². The van der Waals surface area contributed by atoms with E-state index in [1.807, 2.05) is 0 Å². The second-order valence-corrected chi connectivity index (χ2v) is 8.17. The number of thiophene rings is 1. The summed E-state index contributed by atoms with van der Waals surface area (Å²) in [6.07, 6.45) is 0.573. The fourth-order valence-corrected chi connectivity index (χ4v) is 3.82. The van der Waals surface area contributed by atoms with Gasteiger partial charge in [0.15, 0.2) is 11.6 Å². The number of hydrogen-bond donors (Lipinski definition) is 4. The zero-order valence-electron chi connectivity index (χ0n) is 17.8. The number of esters is 1. The van der Waals surface area contributed by atoms with Crippen molar-refractivity contribution in [2.45, 2.75) is 25.3 Å². The van der Waals surface area contributed by atoms with E-state index in [0.717, 1.165) is 22.3 Å². The number of rotatable bonds is 12. The SMILES string of the molecule is C=CCN(C(=O)CCc1ccc(C(=O)Oc2ccc(C(=N)N)cc2F)s1)C(CC(=O)O)C(=O)O. The van der Waals surface area contributed by atoms with Gasteiger partial charge in [-0.3, -0.25) is 15.0 Å². The number of nitrogens with two attached hydrogens (primary N) is 1. The van der Waals surface area contributed by atoms with Crippen molar-refractivity contribution in [3.63, 3.8) is 0 Å². The number of halogens is 1. The van der Waals surface area contributed by atoms with Crippen LogP contribution in [0.15, 0.2) is 43.0 Å². The molecular weight excluding hydrogens is 469 g/mol. The first-order valence-corrected chi connectivity index (χ1v) is 10.6. The molecule has 12 heteroatoms. The Labute approximate surface area is 197 Å². The molecule has 0 radical (unpaired) electrons. The molecule has 10 nitrogen and oxygen atoms in total. The molecule has 1 amide bonds. The number of carboxylic acids is 2. The van der Waals surface area contributed by atoms with Gasteiger partial charge in [0.25, 0.3) is 0 Å². The predicted octanol–water partition coefficient (Wildman–Crippen LogP) is 2.27. The molecule has 2 aromatic rings. The monoisotopic (exact) mass is 491 g/mol. The van der Waals surface area contributed by atoms with Crippen molar-refractivity contribution < 1.29 is 38.5 Å². The maximum absolute atomic E-state index is 14.1. The first kappa shape index (κ1) is 26.2. The Bertz CT molecular complexity index is 1130. The summed E-state index contributed by atoms with van der Waals surface area (Å²) in [4.78, 5) is 49.1. The smallest absolute Gasteiger partial charge is 0.353 e. The summed E-state index contributed by atoms with van der Waals surface area (Å²) in [5, 5.41) is 25.6. The molecule has 180 valence electrons. The quantitative estimate of drug-likeness (QED) is 0.115.